The monoisotopic (exact) mass is 168 g/mol. The van der Waals surface area contributed by atoms with Crippen LogP contribution >= 0.6 is 12.6 Å². The van der Waals surface area contributed by atoms with Gasteiger partial charge in [0.1, 0.15) is 11.5 Å². The second-order valence-electron chi connectivity index (χ2n) is 2.22. The van der Waals surface area contributed by atoms with E-state index in [-0.39, 0.29) is 5.82 Å². The molecule has 4 heteroatoms. The van der Waals surface area contributed by atoms with Crippen LogP contribution in [0.3, 0.4) is 0 Å². The van der Waals surface area contributed by atoms with Crippen molar-refractivity contribution in [2.45, 2.75) is 4.90 Å². The van der Waals surface area contributed by atoms with Crippen LogP contribution in [0.4, 0.5) is 4.39 Å². The average molecular weight is 168 g/mol. The number of nitrogens with one attached hydrogen (secondary N) is 1. The van der Waals surface area contributed by atoms with Crippen molar-refractivity contribution < 1.29 is 4.39 Å². The molecule has 0 fully saturated rings. The number of rotatable bonds is 0. The molecule has 0 radical (unpaired) electrons. The highest BCUT2D eigenvalue weighted by molar-refractivity contribution is 7.80. The molecular weight excluding hydrogens is 163 g/mol. The van der Waals surface area contributed by atoms with E-state index < -0.39 is 0 Å². The van der Waals surface area contributed by atoms with Gasteiger partial charge in [-0.1, -0.05) is 0 Å². The Kier molecular flexibility index (Phi) is 1.35. The Morgan fingerprint density at radius 3 is 3.18 bits per heavy atom. The Bertz CT molecular complexity index is 396. The molecule has 2 aromatic heterocycles. The van der Waals surface area contributed by atoms with E-state index in [1.807, 2.05) is 0 Å². The van der Waals surface area contributed by atoms with Crippen LogP contribution in [0.1, 0.15) is 0 Å². The minimum absolute atomic E-state index is 0.340. The van der Waals surface area contributed by atoms with Gasteiger partial charge in [-0.05, 0) is 6.07 Å². The van der Waals surface area contributed by atoms with Crippen molar-refractivity contribution in [2.24, 2.45) is 0 Å². The Morgan fingerprint density at radius 1 is 1.55 bits per heavy atom. The zero-order chi connectivity index (χ0) is 7.84. The third-order valence-corrected chi connectivity index (χ3v) is 1.85. The molecule has 2 aromatic rings. The van der Waals surface area contributed by atoms with Gasteiger partial charge in [-0.2, -0.15) is 0 Å². The maximum absolute atomic E-state index is 12.6. The summed E-state index contributed by atoms with van der Waals surface area (Å²) in [6, 6.07) is 1.40. The number of hydrogen-bond donors (Lipinski definition) is 2. The smallest absolute Gasteiger partial charge is 0.142 e. The SMILES string of the molecule is Fc1cnc2[nH]cc(S)c2c1. The lowest BCUT2D eigenvalue weighted by Crippen LogP contribution is -1.78. The van der Waals surface area contributed by atoms with Gasteiger partial charge in [0, 0.05) is 16.5 Å². The van der Waals surface area contributed by atoms with Crippen molar-refractivity contribution in [3.63, 3.8) is 0 Å². The van der Waals surface area contributed by atoms with Crippen LogP contribution in [0.5, 0.6) is 0 Å². The fourth-order valence-corrected chi connectivity index (χ4v) is 1.20. The number of thiol groups is 1. The molecule has 0 spiro atoms. The molecule has 0 aliphatic heterocycles. The molecule has 2 heterocycles. The fourth-order valence-electron chi connectivity index (χ4n) is 0.964. The highest BCUT2D eigenvalue weighted by Crippen LogP contribution is 2.19. The third kappa shape index (κ3) is 0.991. The molecule has 0 aromatic carbocycles. The van der Waals surface area contributed by atoms with E-state index >= 15 is 0 Å². The number of nitrogens with zero attached hydrogens (tertiary/aromatic N) is 1. The number of pyridine rings is 1. The summed E-state index contributed by atoms with van der Waals surface area (Å²) in [6.45, 7) is 0. The Hall–Kier alpha value is -1.03. The number of hydrogen-bond acceptors (Lipinski definition) is 2. The summed E-state index contributed by atoms with van der Waals surface area (Å²) >= 11 is 4.11. The predicted molar refractivity (Wildman–Crippen MR) is 43.3 cm³/mol. The zero-order valence-electron chi connectivity index (χ0n) is 5.50. The maximum Gasteiger partial charge on any atom is 0.142 e. The second-order valence-corrected chi connectivity index (χ2v) is 2.71. The predicted octanol–water partition coefficient (Wildman–Crippen LogP) is 1.99. The van der Waals surface area contributed by atoms with Crippen LogP contribution in [0.15, 0.2) is 23.4 Å². The summed E-state index contributed by atoms with van der Waals surface area (Å²) in [5.74, 6) is -0.340. The molecule has 0 bridgehead atoms. The molecule has 0 atom stereocenters. The molecule has 0 aliphatic carbocycles. The summed E-state index contributed by atoms with van der Waals surface area (Å²) in [7, 11) is 0. The van der Waals surface area contributed by atoms with E-state index in [9.17, 15) is 4.39 Å². The first-order chi connectivity index (χ1) is 5.27. The minimum atomic E-state index is -0.340. The standard InChI is InChI=1S/C7H5FN2S/c8-4-1-5-6(11)3-10-7(5)9-2-4/h1-3,11H,(H,9,10). The van der Waals surface area contributed by atoms with Crippen LogP contribution < -0.4 is 0 Å². The highest BCUT2D eigenvalue weighted by Gasteiger charge is 2.01. The zero-order valence-corrected chi connectivity index (χ0v) is 6.40. The van der Waals surface area contributed by atoms with Crippen molar-refractivity contribution >= 4 is 23.7 Å². The van der Waals surface area contributed by atoms with Gasteiger partial charge in [-0.3, -0.25) is 0 Å². The summed E-state index contributed by atoms with van der Waals surface area (Å²) < 4.78 is 12.6. The Labute approximate surface area is 67.9 Å². The van der Waals surface area contributed by atoms with Gasteiger partial charge in [0.2, 0.25) is 0 Å². The quantitative estimate of drug-likeness (QED) is 0.578. The van der Waals surface area contributed by atoms with Crippen LogP contribution in [-0.4, -0.2) is 9.97 Å². The molecule has 1 N–H and O–H groups in total. The fraction of sp³-hybridized carbons (Fsp3) is 0. The molecule has 11 heavy (non-hydrogen) atoms. The van der Waals surface area contributed by atoms with Crippen LogP contribution in [0.2, 0.25) is 0 Å². The van der Waals surface area contributed by atoms with E-state index in [0.717, 1.165) is 0 Å². The lowest BCUT2D eigenvalue weighted by Gasteiger charge is -1.88. The lowest BCUT2D eigenvalue weighted by atomic mass is 10.3. The van der Waals surface area contributed by atoms with Crippen molar-refractivity contribution in [3.05, 3.63) is 24.3 Å². The van der Waals surface area contributed by atoms with Crippen LogP contribution in [-0.2, 0) is 0 Å². The molecule has 0 amide bonds. The second kappa shape index (κ2) is 2.23. The molecule has 2 rings (SSSR count). The molecule has 56 valence electrons. The van der Waals surface area contributed by atoms with Gasteiger partial charge in [0.05, 0.1) is 6.20 Å². The van der Waals surface area contributed by atoms with Gasteiger partial charge in [0.25, 0.3) is 0 Å². The van der Waals surface area contributed by atoms with E-state index in [0.29, 0.717) is 15.9 Å². The number of halogens is 1. The highest BCUT2D eigenvalue weighted by atomic mass is 32.1. The summed E-state index contributed by atoms with van der Waals surface area (Å²) in [4.78, 5) is 7.40. The van der Waals surface area contributed by atoms with Gasteiger partial charge < -0.3 is 4.98 Å². The van der Waals surface area contributed by atoms with E-state index in [2.05, 4.69) is 22.6 Å². The number of aromatic nitrogens is 2. The van der Waals surface area contributed by atoms with Crippen molar-refractivity contribution in [3.8, 4) is 0 Å². The number of aromatic amines is 1. The van der Waals surface area contributed by atoms with E-state index in [1.165, 1.54) is 12.3 Å². The van der Waals surface area contributed by atoms with E-state index in [4.69, 9.17) is 0 Å². The Balaban J connectivity index is 2.87. The normalized spacial score (nSPS) is 10.7. The molecular formula is C7H5FN2S. The molecule has 2 nitrogen and oxygen atoms in total. The lowest BCUT2D eigenvalue weighted by molar-refractivity contribution is 0.624. The van der Waals surface area contributed by atoms with Crippen molar-refractivity contribution in [1.82, 2.24) is 9.97 Å². The van der Waals surface area contributed by atoms with Gasteiger partial charge in [0.15, 0.2) is 0 Å². The number of H-pyrrole nitrogens is 1. The minimum Gasteiger partial charge on any atom is -0.345 e. The third-order valence-electron chi connectivity index (χ3n) is 1.48. The average Bonchev–Trinajstić information content (AvgIpc) is 2.33. The largest absolute Gasteiger partial charge is 0.345 e. The van der Waals surface area contributed by atoms with Crippen LogP contribution in [0.25, 0.3) is 11.0 Å². The van der Waals surface area contributed by atoms with Gasteiger partial charge in [-0.15, -0.1) is 12.6 Å². The first-order valence-electron chi connectivity index (χ1n) is 3.09. The first-order valence-corrected chi connectivity index (χ1v) is 3.53. The first kappa shape index (κ1) is 6.67. The summed E-state index contributed by atoms with van der Waals surface area (Å²) in [5.41, 5.74) is 0.663. The van der Waals surface area contributed by atoms with Crippen molar-refractivity contribution in [1.29, 1.82) is 0 Å². The summed E-state index contributed by atoms with van der Waals surface area (Å²) in [6.07, 6.45) is 2.85. The molecule has 0 saturated carbocycles. The van der Waals surface area contributed by atoms with Gasteiger partial charge >= 0.3 is 0 Å². The topological polar surface area (TPSA) is 28.7 Å². The number of fused-ring (bicyclic) bond motifs is 1. The molecule has 0 unspecified atom stereocenters. The van der Waals surface area contributed by atoms with E-state index in [1.54, 1.807) is 6.20 Å². The molecule has 0 aliphatic rings. The molecule has 0 saturated heterocycles. The summed E-state index contributed by atoms with van der Waals surface area (Å²) in [5, 5.41) is 0.716. The maximum atomic E-state index is 12.6. The van der Waals surface area contributed by atoms with Gasteiger partial charge in [-0.25, -0.2) is 9.37 Å². The Morgan fingerprint density at radius 2 is 2.36 bits per heavy atom. The van der Waals surface area contributed by atoms with Crippen LogP contribution in [0, 0.1) is 5.82 Å². The van der Waals surface area contributed by atoms with Crippen molar-refractivity contribution in [2.75, 3.05) is 0 Å².